The fourth-order valence-electron chi connectivity index (χ4n) is 3.05. The predicted octanol–water partition coefficient (Wildman–Crippen LogP) is 2.26. The molecular formula is C13H18FN3. The molecule has 2 aliphatic heterocycles. The van der Waals surface area contributed by atoms with Crippen molar-refractivity contribution in [1.29, 1.82) is 0 Å². The number of rotatable bonds is 2. The van der Waals surface area contributed by atoms with Gasteiger partial charge in [-0.25, -0.2) is 4.98 Å². The molecule has 0 saturated carbocycles. The molecule has 3 nitrogen and oxygen atoms in total. The van der Waals surface area contributed by atoms with Crippen molar-refractivity contribution in [1.82, 2.24) is 9.88 Å². The highest BCUT2D eigenvalue weighted by Crippen LogP contribution is 2.28. The van der Waals surface area contributed by atoms with Crippen molar-refractivity contribution in [3.8, 4) is 0 Å². The molecule has 2 aliphatic rings. The summed E-state index contributed by atoms with van der Waals surface area (Å²) in [6, 6.07) is 6.10. The molecule has 0 amide bonds. The molecule has 0 aromatic carbocycles. The van der Waals surface area contributed by atoms with E-state index in [1.165, 1.54) is 25.5 Å². The van der Waals surface area contributed by atoms with Crippen LogP contribution in [0.15, 0.2) is 18.2 Å². The lowest BCUT2D eigenvalue weighted by molar-refractivity contribution is 0.188. The van der Waals surface area contributed by atoms with Gasteiger partial charge in [-0.05, 0) is 44.4 Å². The van der Waals surface area contributed by atoms with Crippen molar-refractivity contribution in [3.05, 3.63) is 24.1 Å². The zero-order valence-electron chi connectivity index (χ0n) is 9.90. The van der Waals surface area contributed by atoms with E-state index in [2.05, 4.69) is 15.2 Å². The summed E-state index contributed by atoms with van der Waals surface area (Å²) in [5.41, 5.74) is 0. The van der Waals surface area contributed by atoms with Gasteiger partial charge < -0.3 is 10.2 Å². The molecule has 17 heavy (non-hydrogen) atoms. The molecule has 1 aromatic rings. The highest BCUT2D eigenvalue weighted by Gasteiger charge is 2.31. The monoisotopic (exact) mass is 235 g/mol. The Morgan fingerprint density at radius 2 is 2.24 bits per heavy atom. The van der Waals surface area contributed by atoms with E-state index < -0.39 is 5.95 Å². The molecule has 0 bridgehead atoms. The molecule has 92 valence electrons. The molecule has 0 aliphatic carbocycles. The molecule has 0 radical (unpaired) electrons. The third-order valence-corrected chi connectivity index (χ3v) is 3.89. The van der Waals surface area contributed by atoms with Crippen molar-refractivity contribution in [3.63, 3.8) is 0 Å². The van der Waals surface area contributed by atoms with Crippen molar-refractivity contribution >= 4 is 5.82 Å². The van der Waals surface area contributed by atoms with Crippen LogP contribution in [-0.4, -0.2) is 35.1 Å². The van der Waals surface area contributed by atoms with Gasteiger partial charge in [0.05, 0.1) is 0 Å². The van der Waals surface area contributed by atoms with Crippen LogP contribution >= 0.6 is 0 Å². The van der Waals surface area contributed by atoms with E-state index in [4.69, 9.17) is 0 Å². The van der Waals surface area contributed by atoms with Crippen LogP contribution in [0.3, 0.4) is 0 Å². The van der Waals surface area contributed by atoms with E-state index in [0.29, 0.717) is 11.9 Å². The summed E-state index contributed by atoms with van der Waals surface area (Å²) in [6.07, 6.45) is 4.94. The molecule has 1 aromatic heterocycles. The second-order valence-electron chi connectivity index (χ2n) is 5.04. The summed E-state index contributed by atoms with van der Waals surface area (Å²) >= 11 is 0. The number of aromatic nitrogens is 1. The molecule has 2 saturated heterocycles. The summed E-state index contributed by atoms with van der Waals surface area (Å²) in [4.78, 5) is 6.44. The first-order valence-electron chi connectivity index (χ1n) is 6.44. The zero-order chi connectivity index (χ0) is 11.7. The third-order valence-electron chi connectivity index (χ3n) is 3.89. The van der Waals surface area contributed by atoms with Gasteiger partial charge in [-0.2, -0.15) is 4.39 Å². The molecule has 2 atom stereocenters. The molecular weight excluding hydrogens is 217 g/mol. The first kappa shape index (κ1) is 11.0. The van der Waals surface area contributed by atoms with Gasteiger partial charge in [0.15, 0.2) is 0 Å². The van der Waals surface area contributed by atoms with E-state index in [0.717, 1.165) is 25.4 Å². The largest absolute Gasteiger partial charge is 0.367 e. The Kier molecular flexibility index (Phi) is 2.97. The second-order valence-corrected chi connectivity index (χ2v) is 5.04. The minimum Gasteiger partial charge on any atom is -0.367 e. The van der Waals surface area contributed by atoms with Crippen LogP contribution in [0, 0.1) is 5.95 Å². The number of piperidine rings is 1. The maximum Gasteiger partial charge on any atom is 0.214 e. The Morgan fingerprint density at radius 3 is 3.12 bits per heavy atom. The summed E-state index contributed by atoms with van der Waals surface area (Å²) < 4.78 is 13.0. The van der Waals surface area contributed by atoms with Crippen molar-refractivity contribution in [2.45, 2.75) is 37.8 Å². The van der Waals surface area contributed by atoms with Crippen molar-refractivity contribution in [2.75, 3.05) is 18.4 Å². The van der Waals surface area contributed by atoms with E-state index in [1.807, 2.05) is 6.07 Å². The first-order valence-corrected chi connectivity index (χ1v) is 6.44. The van der Waals surface area contributed by atoms with Crippen LogP contribution in [0.2, 0.25) is 0 Å². The van der Waals surface area contributed by atoms with Gasteiger partial charge in [-0.1, -0.05) is 6.07 Å². The van der Waals surface area contributed by atoms with Crippen LogP contribution in [0.4, 0.5) is 10.2 Å². The maximum absolute atomic E-state index is 13.0. The van der Waals surface area contributed by atoms with Crippen LogP contribution in [-0.2, 0) is 0 Å². The number of anilines is 1. The lowest BCUT2D eigenvalue weighted by Crippen LogP contribution is -2.42. The van der Waals surface area contributed by atoms with Crippen LogP contribution in [0.25, 0.3) is 0 Å². The van der Waals surface area contributed by atoms with Crippen molar-refractivity contribution < 1.29 is 4.39 Å². The molecule has 2 fully saturated rings. The van der Waals surface area contributed by atoms with E-state index in [-0.39, 0.29) is 0 Å². The maximum atomic E-state index is 13.0. The quantitative estimate of drug-likeness (QED) is 0.797. The van der Waals surface area contributed by atoms with E-state index in [1.54, 1.807) is 6.07 Å². The standard InChI is InChI=1S/C13H18FN3/c14-12-4-1-5-13(16-12)15-10-6-8-17-7-2-3-11(17)9-10/h1,4-5,10-11H,2-3,6-9H2,(H,15,16). The first-order chi connectivity index (χ1) is 8.31. The lowest BCUT2D eigenvalue weighted by atomic mass is 9.97. The SMILES string of the molecule is Fc1cccc(NC2CCN3CCCC3C2)n1. The van der Waals surface area contributed by atoms with Gasteiger partial charge in [0.1, 0.15) is 5.82 Å². The molecule has 3 rings (SSSR count). The minimum absolute atomic E-state index is 0.409. The van der Waals surface area contributed by atoms with Crippen LogP contribution < -0.4 is 5.32 Å². The molecule has 0 spiro atoms. The summed E-state index contributed by atoms with van der Waals surface area (Å²) in [7, 11) is 0. The minimum atomic E-state index is -0.409. The summed E-state index contributed by atoms with van der Waals surface area (Å²) in [6.45, 7) is 2.42. The lowest BCUT2D eigenvalue weighted by Gasteiger charge is -2.35. The Morgan fingerprint density at radius 1 is 1.29 bits per heavy atom. The second kappa shape index (κ2) is 4.61. The number of nitrogens with one attached hydrogen (secondary N) is 1. The van der Waals surface area contributed by atoms with Gasteiger partial charge >= 0.3 is 0 Å². The average molecular weight is 235 g/mol. The molecule has 1 N–H and O–H groups in total. The Bertz CT molecular complexity index is 396. The zero-order valence-corrected chi connectivity index (χ0v) is 9.90. The van der Waals surface area contributed by atoms with Crippen LogP contribution in [0.1, 0.15) is 25.7 Å². The van der Waals surface area contributed by atoms with Gasteiger partial charge in [-0.3, -0.25) is 0 Å². The Hall–Kier alpha value is -1.16. The van der Waals surface area contributed by atoms with Crippen LogP contribution in [0.5, 0.6) is 0 Å². The van der Waals surface area contributed by atoms with E-state index in [9.17, 15) is 4.39 Å². The normalized spacial score (nSPS) is 29.0. The Balaban J connectivity index is 1.62. The van der Waals surface area contributed by atoms with Gasteiger partial charge in [-0.15, -0.1) is 0 Å². The number of fused-ring (bicyclic) bond motifs is 1. The van der Waals surface area contributed by atoms with Gasteiger partial charge in [0.25, 0.3) is 0 Å². The molecule has 2 unspecified atom stereocenters. The number of nitrogens with zero attached hydrogens (tertiary/aromatic N) is 2. The molecule has 3 heterocycles. The average Bonchev–Trinajstić information content (AvgIpc) is 2.76. The topological polar surface area (TPSA) is 28.2 Å². The number of hydrogen-bond acceptors (Lipinski definition) is 3. The highest BCUT2D eigenvalue weighted by molar-refractivity contribution is 5.35. The van der Waals surface area contributed by atoms with Crippen molar-refractivity contribution in [2.24, 2.45) is 0 Å². The summed E-state index contributed by atoms with van der Waals surface area (Å²) in [5, 5.41) is 3.36. The number of hydrogen-bond donors (Lipinski definition) is 1. The fraction of sp³-hybridized carbons (Fsp3) is 0.615. The van der Waals surface area contributed by atoms with Gasteiger partial charge in [0, 0.05) is 18.6 Å². The highest BCUT2D eigenvalue weighted by atomic mass is 19.1. The fourth-order valence-corrected chi connectivity index (χ4v) is 3.05. The van der Waals surface area contributed by atoms with E-state index >= 15 is 0 Å². The smallest absolute Gasteiger partial charge is 0.214 e. The Labute approximate surface area is 101 Å². The molecule has 4 heteroatoms. The number of pyridine rings is 1. The van der Waals surface area contributed by atoms with Gasteiger partial charge in [0.2, 0.25) is 5.95 Å². The number of halogens is 1. The predicted molar refractivity (Wildman–Crippen MR) is 65.4 cm³/mol. The summed E-state index contributed by atoms with van der Waals surface area (Å²) in [5.74, 6) is 0.259. The third kappa shape index (κ3) is 2.41.